The van der Waals surface area contributed by atoms with Gasteiger partial charge in [-0.3, -0.25) is 4.79 Å². The third kappa shape index (κ3) is 3.20. The second-order valence-electron chi connectivity index (χ2n) is 4.65. The lowest BCUT2D eigenvalue weighted by Gasteiger charge is -2.40. The van der Waals surface area contributed by atoms with E-state index in [2.05, 4.69) is 12.2 Å². The van der Waals surface area contributed by atoms with Crippen LogP contribution in [0.1, 0.15) is 45.4 Å². The molecular weight excluding hydrogens is 190 g/mol. The quantitative estimate of drug-likeness (QED) is 0.727. The molecule has 1 fully saturated rings. The molecule has 2 unspecified atom stereocenters. The zero-order valence-electron chi connectivity index (χ0n) is 10.1. The minimum atomic E-state index is -0.0962. The molecule has 0 aromatic heterocycles. The molecule has 0 aliphatic heterocycles. The van der Waals surface area contributed by atoms with Crippen LogP contribution in [0.4, 0.5) is 0 Å². The van der Waals surface area contributed by atoms with Crippen LogP contribution in [0.5, 0.6) is 0 Å². The summed E-state index contributed by atoms with van der Waals surface area (Å²) in [5.41, 5.74) is -0.00792. The molecule has 0 saturated heterocycles. The molecule has 1 rings (SSSR count). The van der Waals surface area contributed by atoms with Crippen molar-refractivity contribution in [1.82, 2.24) is 5.32 Å². The van der Waals surface area contributed by atoms with Gasteiger partial charge < -0.3 is 10.1 Å². The van der Waals surface area contributed by atoms with Crippen LogP contribution in [0.2, 0.25) is 0 Å². The normalized spacial score (nSPS) is 31.3. The standard InChI is InChI=1S/C12H23NO2/c1-4-10-6-5-7-12(8-10,13-2)9-11(14)15-3/h10,13H,4-9H2,1-3H3. The Bertz CT molecular complexity index is 218. The molecule has 0 aromatic carbocycles. The fraction of sp³-hybridized carbons (Fsp3) is 0.917. The number of nitrogens with one attached hydrogen (secondary N) is 1. The van der Waals surface area contributed by atoms with Gasteiger partial charge in [0.2, 0.25) is 0 Å². The number of ether oxygens (including phenoxy) is 1. The molecule has 1 aliphatic rings. The third-order valence-electron chi connectivity index (χ3n) is 3.77. The molecule has 2 atom stereocenters. The van der Waals surface area contributed by atoms with E-state index in [0.29, 0.717) is 6.42 Å². The Morgan fingerprint density at radius 2 is 2.33 bits per heavy atom. The first-order valence-corrected chi connectivity index (χ1v) is 5.91. The van der Waals surface area contributed by atoms with Gasteiger partial charge in [-0.15, -0.1) is 0 Å². The van der Waals surface area contributed by atoms with Crippen molar-refractivity contribution in [3.8, 4) is 0 Å². The molecule has 1 N–H and O–H groups in total. The molecule has 0 spiro atoms. The van der Waals surface area contributed by atoms with E-state index in [1.54, 1.807) is 0 Å². The largest absolute Gasteiger partial charge is 0.469 e. The second-order valence-corrected chi connectivity index (χ2v) is 4.65. The molecule has 0 aromatic rings. The van der Waals surface area contributed by atoms with Gasteiger partial charge in [-0.2, -0.15) is 0 Å². The second kappa shape index (κ2) is 5.50. The first kappa shape index (κ1) is 12.5. The Hall–Kier alpha value is -0.570. The minimum Gasteiger partial charge on any atom is -0.469 e. The molecule has 3 heteroatoms. The predicted octanol–water partition coefficient (Wildman–Crippen LogP) is 2.11. The van der Waals surface area contributed by atoms with Crippen LogP contribution in [0.15, 0.2) is 0 Å². The number of hydrogen-bond acceptors (Lipinski definition) is 3. The highest BCUT2D eigenvalue weighted by Crippen LogP contribution is 2.36. The molecule has 15 heavy (non-hydrogen) atoms. The van der Waals surface area contributed by atoms with E-state index in [-0.39, 0.29) is 11.5 Å². The van der Waals surface area contributed by atoms with Crippen LogP contribution < -0.4 is 5.32 Å². The number of carbonyl (C=O) groups is 1. The van der Waals surface area contributed by atoms with Gasteiger partial charge in [0.25, 0.3) is 0 Å². The monoisotopic (exact) mass is 213 g/mol. The summed E-state index contributed by atoms with van der Waals surface area (Å²) in [6.45, 7) is 2.23. The molecule has 1 aliphatic carbocycles. The molecule has 0 heterocycles. The summed E-state index contributed by atoms with van der Waals surface area (Å²) in [4.78, 5) is 11.4. The molecule has 0 bridgehead atoms. The van der Waals surface area contributed by atoms with Gasteiger partial charge in [0.15, 0.2) is 0 Å². The van der Waals surface area contributed by atoms with Crippen LogP contribution in [0, 0.1) is 5.92 Å². The van der Waals surface area contributed by atoms with Crippen molar-refractivity contribution in [2.24, 2.45) is 5.92 Å². The maximum atomic E-state index is 11.4. The van der Waals surface area contributed by atoms with E-state index in [4.69, 9.17) is 4.74 Å². The summed E-state index contributed by atoms with van der Waals surface area (Å²) in [5.74, 6) is 0.664. The molecule has 1 saturated carbocycles. The molecule has 3 nitrogen and oxygen atoms in total. The zero-order valence-corrected chi connectivity index (χ0v) is 10.1. The van der Waals surface area contributed by atoms with Crippen molar-refractivity contribution in [3.63, 3.8) is 0 Å². The minimum absolute atomic E-state index is 0.00792. The summed E-state index contributed by atoms with van der Waals surface area (Å²) in [5, 5.41) is 3.35. The van der Waals surface area contributed by atoms with Crippen molar-refractivity contribution in [2.45, 2.75) is 51.0 Å². The molecule has 0 radical (unpaired) electrons. The van der Waals surface area contributed by atoms with Crippen molar-refractivity contribution >= 4 is 5.97 Å². The Labute approximate surface area is 92.6 Å². The van der Waals surface area contributed by atoms with Gasteiger partial charge in [-0.05, 0) is 25.8 Å². The fourth-order valence-electron chi connectivity index (χ4n) is 2.66. The maximum Gasteiger partial charge on any atom is 0.307 e. The first-order valence-electron chi connectivity index (χ1n) is 5.91. The average Bonchev–Trinajstić information content (AvgIpc) is 2.29. The molecular formula is C12H23NO2. The Morgan fingerprint density at radius 1 is 1.60 bits per heavy atom. The van der Waals surface area contributed by atoms with Gasteiger partial charge in [-0.25, -0.2) is 0 Å². The van der Waals surface area contributed by atoms with Crippen molar-refractivity contribution in [1.29, 1.82) is 0 Å². The Kier molecular flexibility index (Phi) is 4.58. The summed E-state index contributed by atoms with van der Waals surface area (Å²) < 4.78 is 4.77. The maximum absolute atomic E-state index is 11.4. The third-order valence-corrected chi connectivity index (χ3v) is 3.77. The van der Waals surface area contributed by atoms with Crippen molar-refractivity contribution in [2.75, 3.05) is 14.2 Å². The van der Waals surface area contributed by atoms with E-state index in [1.807, 2.05) is 7.05 Å². The van der Waals surface area contributed by atoms with Crippen LogP contribution in [-0.4, -0.2) is 25.7 Å². The van der Waals surface area contributed by atoms with Crippen molar-refractivity contribution < 1.29 is 9.53 Å². The highest BCUT2D eigenvalue weighted by molar-refractivity contribution is 5.70. The van der Waals surface area contributed by atoms with Gasteiger partial charge in [-0.1, -0.05) is 26.2 Å². The topological polar surface area (TPSA) is 38.3 Å². The summed E-state index contributed by atoms with van der Waals surface area (Å²) >= 11 is 0. The van der Waals surface area contributed by atoms with E-state index < -0.39 is 0 Å². The zero-order chi connectivity index (χ0) is 11.3. The average molecular weight is 213 g/mol. The summed E-state index contributed by atoms with van der Waals surface area (Å²) in [6.07, 6.45) is 6.45. The van der Waals surface area contributed by atoms with E-state index in [0.717, 1.165) is 18.8 Å². The number of methoxy groups -OCH3 is 1. The Balaban J connectivity index is 2.61. The smallest absolute Gasteiger partial charge is 0.307 e. The Morgan fingerprint density at radius 3 is 2.87 bits per heavy atom. The highest BCUT2D eigenvalue weighted by Gasteiger charge is 2.36. The van der Waals surface area contributed by atoms with Gasteiger partial charge in [0, 0.05) is 5.54 Å². The lowest BCUT2D eigenvalue weighted by molar-refractivity contribution is -0.142. The van der Waals surface area contributed by atoms with Gasteiger partial charge >= 0.3 is 5.97 Å². The van der Waals surface area contributed by atoms with E-state index >= 15 is 0 Å². The van der Waals surface area contributed by atoms with Crippen LogP contribution in [0.25, 0.3) is 0 Å². The fourth-order valence-corrected chi connectivity index (χ4v) is 2.66. The SMILES string of the molecule is CCC1CCCC(CC(=O)OC)(NC)C1. The van der Waals surface area contributed by atoms with E-state index in [9.17, 15) is 4.79 Å². The van der Waals surface area contributed by atoms with Gasteiger partial charge in [0.05, 0.1) is 13.5 Å². The van der Waals surface area contributed by atoms with Crippen LogP contribution in [-0.2, 0) is 9.53 Å². The summed E-state index contributed by atoms with van der Waals surface area (Å²) in [7, 11) is 3.42. The lowest BCUT2D eigenvalue weighted by atomic mass is 9.73. The summed E-state index contributed by atoms with van der Waals surface area (Å²) in [6, 6.07) is 0. The number of carbonyl (C=O) groups excluding carboxylic acids is 1. The van der Waals surface area contributed by atoms with Gasteiger partial charge in [0.1, 0.15) is 0 Å². The number of rotatable bonds is 4. The highest BCUT2D eigenvalue weighted by atomic mass is 16.5. The van der Waals surface area contributed by atoms with Crippen LogP contribution in [0.3, 0.4) is 0 Å². The first-order chi connectivity index (χ1) is 7.15. The lowest BCUT2D eigenvalue weighted by Crippen LogP contribution is -2.48. The number of esters is 1. The van der Waals surface area contributed by atoms with Crippen molar-refractivity contribution in [3.05, 3.63) is 0 Å². The molecule has 0 amide bonds. The predicted molar refractivity (Wildman–Crippen MR) is 60.7 cm³/mol. The van der Waals surface area contributed by atoms with E-state index in [1.165, 1.54) is 26.4 Å². The molecule has 88 valence electrons. The van der Waals surface area contributed by atoms with Crippen LogP contribution >= 0.6 is 0 Å². The number of hydrogen-bond donors (Lipinski definition) is 1.